The standard InChI is InChI=1S/C14H19F2N3/c1-3-4-5-6-9(2)19-13-11(18-14(19)17)8-7-10(15)12(13)16/h7-9H,3-6H2,1-2H3,(H2,17,18). The fraction of sp³-hybridized carbons (Fsp3) is 0.500. The fourth-order valence-electron chi connectivity index (χ4n) is 2.41. The topological polar surface area (TPSA) is 43.8 Å². The smallest absolute Gasteiger partial charge is 0.201 e. The van der Waals surface area contributed by atoms with Crippen LogP contribution in [0.5, 0.6) is 0 Å². The van der Waals surface area contributed by atoms with Gasteiger partial charge in [-0.05, 0) is 25.5 Å². The summed E-state index contributed by atoms with van der Waals surface area (Å²) in [6.07, 6.45) is 4.15. The third-order valence-corrected chi connectivity index (χ3v) is 3.44. The molecule has 0 radical (unpaired) electrons. The highest BCUT2D eigenvalue weighted by Gasteiger charge is 2.19. The average molecular weight is 267 g/mol. The molecule has 0 aliphatic carbocycles. The van der Waals surface area contributed by atoms with Crippen LogP contribution in [0.4, 0.5) is 14.7 Å². The summed E-state index contributed by atoms with van der Waals surface area (Å²) in [6.45, 7) is 4.08. The largest absolute Gasteiger partial charge is 0.369 e. The highest BCUT2D eigenvalue weighted by atomic mass is 19.2. The van der Waals surface area contributed by atoms with Crippen LogP contribution in [0.25, 0.3) is 11.0 Å². The first-order valence-corrected chi connectivity index (χ1v) is 6.67. The number of imidazole rings is 1. The van der Waals surface area contributed by atoms with Gasteiger partial charge in [-0.2, -0.15) is 0 Å². The molecular weight excluding hydrogens is 248 g/mol. The van der Waals surface area contributed by atoms with Gasteiger partial charge in [0.05, 0.1) is 5.52 Å². The summed E-state index contributed by atoms with van der Waals surface area (Å²) in [5, 5.41) is 0. The van der Waals surface area contributed by atoms with Crippen molar-refractivity contribution in [3.8, 4) is 0 Å². The summed E-state index contributed by atoms with van der Waals surface area (Å²) >= 11 is 0. The van der Waals surface area contributed by atoms with E-state index in [-0.39, 0.29) is 17.5 Å². The van der Waals surface area contributed by atoms with Gasteiger partial charge in [-0.15, -0.1) is 0 Å². The Morgan fingerprint density at radius 1 is 1.32 bits per heavy atom. The van der Waals surface area contributed by atoms with Crippen LogP contribution in [0.15, 0.2) is 12.1 Å². The van der Waals surface area contributed by atoms with Crippen LogP contribution < -0.4 is 5.73 Å². The second-order valence-electron chi connectivity index (χ2n) is 4.91. The van der Waals surface area contributed by atoms with E-state index in [4.69, 9.17) is 5.73 Å². The van der Waals surface area contributed by atoms with Gasteiger partial charge >= 0.3 is 0 Å². The number of halogens is 2. The number of benzene rings is 1. The van der Waals surface area contributed by atoms with Crippen LogP contribution in [-0.2, 0) is 0 Å². The molecule has 1 aromatic heterocycles. The van der Waals surface area contributed by atoms with Gasteiger partial charge in [0.25, 0.3) is 0 Å². The van der Waals surface area contributed by atoms with Gasteiger partial charge in [-0.1, -0.05) is 26.2 Å². The zero-order chi connectivity index (χ0) is 14.0. The van der Waals surface area contributed by atoms with Crippen LogP contribution in [-0.4, -0.2) is 9.55 Å². The minimum atomic E-state index is -0.871. The number of rotatable bonds is 5. The van der Waals surface area contributed by atoms with Crippen molar-refractivity contribution >= 4 is 17.0 Å². The number of unbranched alkanes of at least 4 members (excludes halogenated alkanes) is 2. The number of nitrogen functional groups attached to an aromatic ring is 1. The Labute approximate surface area is 111 Å². The number of hydrogen-bond acceptors (Lipinski definition) is 2. The molecule has 104 valence electrons. The highest BCUT2D eigenvalue weighted by Crippen LogP contribution is 2.28. The quantitative estimate of drug-likeness (QED) is 0.831. The zero-order valence-electron chi connectivity index (χ0n) is 11.3. The van der Waals surface area contributed by atoms with Gasteiger partial charge < -0.3 is 10.3 Å². The summed E-state index contributed by atoms with van der Waals surface area (Å²) < 4.78 is 28.9. The van der Waals surface area contributed by atoms with Crippen molar-refractivity contribution in [2.45, 2.75) is 45.6 Å². The van der Waals surface area contributed by atoms with Crippen molar-refractivity contribution in [2.75, 3.05) is 5.73 Å². The van der Waals surface area contributed by atoms with E-state index in [0.717, 1.165) is 31.7 Å². The Morgan fingerprint density at radius 3 is 2.74 bits per heavy atom. The number of nitrogens with two attached hydrogens (primary N) is 1. The molecule has 5 heteroatoms. The van der Waals surface area contributed by atoms with Crippen LogP contribution in [0, 0.1) is 11.6 Å². The Balaban J connectivity index is 2.41. The third kappa shape index (κ3) is 2.55. The molecule has 0 fully saturated rings. The van der Waals surface area contributed by atoms with E-state index in [1.807, 2.05) is 6.92 Å². The summed E-state index contributed by atoms with van der Waals surface area (Å²) in [4.78, 5) is 4.10. The van der Waals surface area contributed by atoms with E-state index in [0.29, 0.717) is 5.52 Å². The SMILES string of the molecule is CCCCCC(C)n1c(N)nc2ccc(F)c(F)c21. The molecule has 0 bridgehead atoms. The minimum absolute atomic E-state index is 0.00727. The van der Waals surface area contributed by atoms with Gasteiger partial charge in [0, 0.05) is 6.04 Å². The third-order valence-electron chi connectivity index (χ3n) is 3.44. The molecule has 0 aliphatic rings. The molecule has 1 unspecified atom stereocenters. The normalized spacial score (nSPS) is 13.1. The fourth-order valence-corrected chi connectivity index (χ4v) is 2.41. The first kappa shape index (κ1) is 13.8. The van der Waals surface area contributed by atoms with E-state index in [2.05, 4.69) is 11.9 Å². The second-order valence-corrected chi connectivity index (χ2v) is 4.91. The van der Waals surface area contributed by atoms with Gasteiger partial charge in [-0.3, -0.25) is 0 Å². The van der Waals surface area contributed by atoms with E-state index in [1.165, 1.54) is 6.07 Å². The van der Waals surface area contributed by atoms with Crippen LogP contribution >= 0.6 is 0 Å². The van der Waals surface area contributed by atoms with E-state index in [1.54, 1.807) is 4.57 Å². The first-order valence-electron chi connectivity index (χ1n) is 6.67. The number of anilines is 1. The van der Waals surface area contributed by atoms with E-state index < -0.39 is 11.6 Å². The number of hydrogen-bond donors (Lipinski definition) is 1. The Kier molecular flexibility index (Phi) is 4.02. The van der Waals surface area contributed by atoms with Crippen molar-refractivity contribution in [3.05, 3.63) is 23.8 Å². The monoisotopic (exact) mass is 267 g/mol. The highest BCUT2D eigenvalue weighted by molar-refractivity contribution is 5.79. The molecule has 0 aliphatic heterocycles. The molecule has 2 N–H and O–H groups in total. The van der Waals surface area contributed by atoms with E-state index >= 15 is 0 Å². The summed E-state index contributed by atoms with van der Waals surface area (Å²) in [7, 11) is 0. The van der Waals surface area contributed by atoms with Crippen molar-refractivity contribution in [1.82, 2.24) is 9.55 Å². The van der Waals surface area contributed by atoms with E-state index in [9.17, 15) is 8.78 Å². The predicted octanol–water partition coefficient (Wildman–Crippen LogP) is 4.04. The number of aromatic nitrogens is 2. The molecule has 1 aromatic carbocycles. The van der Waals surface area contributed by atoms with Crippen LogP contribution in [0.3, 0.4) is 0 Å². The Hall–Kier alpha value is -1.65. The molecule has 2 aromatic rings. The molecule has 0 spiro atoms. The lowest BCUT2D eigenvalue weighted by Gasteiger charge is -2.16. The maximum Gasteiger partial charge on any atom is 0.201 e. The molecule has 19 heavy (non-hydrogen) atoms. The molecular formula is C14H19F2N3. The molecule has 3 nitrogen and oxygen atoms in total. The van der Waals surface area contributed by atoms with Crippen LogP contribution in [0.2, 0.25) is 0 Å². The number of nitrogens with zero attached hydrogens (tertiary/aromatic N) is 2. The lowest BCUT2D eigenvalue weighted by Crippen LogP contribution is -2.10. The maximum absolute atomic E-state index is 13.9. The van der Waals surface area contributed by atoms with Crippen molar-refractivity contribution in [2.24, 2.45) is 0 Å². The predicted molar refractivity (Wildman–Crippen MR) is 72.9 cm³/mol. The van der Waals surface area contributed by atoms with Gasteiger partial charge in [-0.25, -0.2) is 13.8 Å². The molecule has 0 saturated carbocycles. The molecule has 1 atom stereocenters. The molecule has 1 heterocycles. The van der Waals surface area contributed by atoms with Gasteiger partial charge in [0.1, 0.15) is 5.52 Å². The molecule has 0 saturated heterocycles. The van der Waals surface area contributed by atoms with Crippen molar-refractivity contribution < 1.29 is 8.78 Å². The molecule has 2 rings (SSSR count). The Bertz CT molecular complexity index is 578. The minimum Gasteiger partial charge on any atom is -0.369 e. The summed E-state index contributed by atoms with van der Waals surface area (Å²) in [6, 6.07) is 2.54. The van der Waals surface area contributed by atoms with Crippen LogP contribution in [0.1, 0.15) is 45.6 Å². The van der Waals surface area contributed by atoms with Gasteiger partial charge in [0.15, 0.2) is 11.6 Å². The average Bonchev–Trinajstić information content (AvgIpc) is 2.71. The Morgan fingerprint density at radius 2 is 2.05 bits per heavy atom. The molecule has 0 amide bonds. The summed E-state index contributed by atoms with van der Waals surface area (Å²) in [5.74, 6) is -1.50. The maximum atomic E-state index is 13.9. The van der Waals surface area contributed by atoms with Crippen molar-refractivity contribution in [1.29, 1.82) is 0 Å². The van der Waals surface area contributed by atoms with Gasteiger partial charge in [0.2, 0.25) is 5.95 Å². The lowest BCUT2D eigenvalue weighted by molar-refractivity contribution is 0.475. The lowest BCUT2D eigenvalue weighted by atomic mass is 10.1. The second kappa shape index (κ2) is 5.55. The van der Waals surface area contributed by atoms with Crippen molar-refractivity contribution in [3.63, 3.8) is 0 Å². The summed E-state index contributed by atoms with van der Waals surface area (Å²) in [5.41, 5.74) is 6.41. The zero-order valence-corrected chi connectivity index (χ0v) is 11.3. The number of fused-ring (bicyclic) bond motifs is 1. The first-order chi connectivity index (χ1) is 9.06.